The van der Waals surface area contributed by atoms with E-state index in [0.717, 1.165) is 57.2 Å². The molecular formula is C23H36FN3O2. The number of nitrogens with two attached hydrogens (primary N) is 1. The van der Waals surface area contributed by atoms with Crippen molar-refractivity contribution in [2.45, 2.75) is 76.8 Å². The van der Waals surface area contributed by atoms with Gasteiger partial charge in [-0.2, -0.15) is 0 Å². The van der Waals surface area contributed by atoms with Gasteiger partial charge in [-0.15, -0.1) is 0 Å². The molecule has 1 amide bonds. The van der Waals surface area contributed by atoms with Crippen LogP contribution in [0.2, 0.25) is 0 Å². The lowest BCUT2D eigenvalue weighted by Gasteiger charge is -2.41. The van der Waals surface area contributed by atoms with Crippen LogP contribution in [-0.2, 0) is 4.74 Å². The lowest BCUT2D eigenvalue weighted by molar-refractivity contribution is 0.0756. The molecular weight excluding hydrogens is 369 g/mol. The first-order valence-corrected chi connectivity index (χ1v) is 10.9. The maximum atomic E-state index is 14.2. The molecule has 29 heavy (non-hydrogen) atoms. The fourth-order valence-corrected chi connectivity index (χ4v) is 4.66. The fourth-order valence-electron chi connectivity index (χ4n) is 4.66. The monoisotopic (exact) mass is 405 g/mol. The smallest absolute Gasteiger partial charge is 0.407 e. The molecule has 3 N–H and O–H groups in total. The predicted octanol–water partition coefficient (Wildman–Crippen LogP) is 4.67. The molecule has 1 aromatic rings. The highest BCUT2D eigenvalue weighted by Crippen LogP contribution is 2.34. The van der Waals surface area contributed by atoms with E-state index in [1.807, 2.05) is 26.8 Å². The van der Waals surface area contributed by atoms with Crippen LogP contribution >= 0.6 is 0 Å². The molecule has 0 atom stereocenters. The zero-order valence-electron chi connectivity index (χ0n) is 18.0. The van der Waals surface area contributed by atoms with Gasteiger partial charge < -0.3 is 20.7 Å². The molecule has 1 heterocycles. The van der Waals surface area contributed by atoms with Crippen molar-refractivity contribution in [1.29, 1.82) is 0 Å². The van der Waals surface area contributed by atoms with Crippen molar-refractivity contribution in [2.75, 3.05) is 25.4 Å². The van der Waals surface area contributed by atoms with Crippen molar-refractivity contribution in [1.82, 2.24) is 10.2 Å². The highest BCUT2D eigenvalue weighted by atomic mass is 19.1. The second-order valence-corrected chi connectivity index (χ2v) is 9.74. The maximum absolute atomic E-state index is 14.2. The van der Waals surface area contributed by atoms with Gasteiger partial charge in [0.15, 0.2) is 0 Å². The van der Waals surface area contributed by atoms with Crippen molar-refractivity contribution in [3.8, 4) is 0 Å². The summed E-state index contributed by atoms with van der Waals surface area (Å²) in [6.07, 6.45) is 6.16. The lowest BCUT2D eigenvalue weighted by Crippen LogP contribution is -2.44. The Bertz CT molecular complexity index is 688. The Morgan fingerprint density at radius 2 is 1.83 bits per heavy atom. The molecule has 0 spiro atoms. The van der Waals surface area contributed by atoms with Crippen LogP contribution in [0.3, 0.4) is 0 Å². The first kappa shape index (κ1) is 21.9. The number of benzene rings is 1. The van der Waals surface area contributed by atoms with Gasteiger partial charge in [-0.05, 0) is 102 Å². The molecule has 1 aromatic carbocycles. The van der Waals surface area contributed by atoms with Crippen LogP contribution in [-0.4, -0.2) is 42.3 Å². The number of nitrogens with zero attached hydrogens (tertiary/aromatic N) is 1. The number of anilines is 1. The number of nitrogens with one attached hydrogen (secondary N) is 1. The first-order valence-electron chi connectivity index (χ1n) is 10.9. The molecule has 162 valence electrons. The molecule has 6 heteroatoms. The van der Waals surface area contributed by atoms with Crippen molar-refractivity contribution in [3.05, 3.63) is 29.6 Å². The van der Waals surface area contributed by atoms with Gasteiger partial charge >= 0.3 is 6.09 Å². The molecule has 1 saturated carbocycles. The largest absolute Gasteiger partial charge is 0.449 e. The molecule has 3 rings (SSSR count). The first-order chi connectivity index (χ1) is 13.7. The number of nitrogen functional groups attached to an aromatic ring is 1. The highest BCUT2D eigenvalue weighted by Gasteiger charge is 2.30. The Morgan fingerprint density at radius 3 is 2.41 bits per heavy atom. The Kier molecular flexibility index (Phi) is 7.04. The zero-order chi connectivity index (χ0) is 21.0. The van der Waals surface area contributed by atoms with Gasteiger partial charge in [0.2, 0.25) is 0 Å². The normalized spacial score (nSPS) is 24.3. The van der Waals surface area contributed by atoms with Gasteiger partial charge in [0.25, 0.3) is 0 Å². The number of piperidine rings is 1. The minimum atomic E-state index is -0.323. The van der Waals surface area contributed by atoms with E-state index in [9.17, 15) is 9.18 Å². The van der Waals surface area contributed by atoms with E-state index in [-0.39, 0.29) is 23.4 Å². The molecule has 1 saturated heterocycles. The minimum Gasteiger partial charge on any atom is -0.449 e. The average Bonchev–Trinajstić information content (AvgIpc) is 2.66. The number of rotatable bonds is 4. The second kappa shape index (κ2) is 9.33. The predicted molar refractivity (Wildman–Crippen MR) is 114 cm³/mol. The summed E-state index contributed by atoms with van der Waals surface area (Å²) in [7, 11) is 0. The van der Waals surface area contributed by atoms with Crippen LogP contribution in [0.1, 0.15) is 70.8 Å². The highest BCUT2D eigenvalue weighted by molar-refractivity contribution is 5.68. The number of amides is 1. The summed E-state index contributed by atoms with van der Waals surface area (Å²) < 4.78 is 19.6. The van der Waals surface area contributed by atoms with Crippen LogP contribution in [0.5, 0.6) is 0 Å². The van der Waals surface area contributed by atoms with Crippen molar-refractivity contribution in [2.24, 2.45) is 5.92 Å². The third-order valence-electron chi connectivity index (χ3n) is 6.25. The van der Waals surface area contributed by atoms with Crippen molar-refractivity contribution in [3.63, 3.8) is 0 Å². The Balaban J connectivity index is 1.39. The van der Waals surface area contributed by atoms with E-state index in [2.05, 4.69) is 10.2 Å². The van der Waals surface area contributed by atoms with Gasteiger partial charge in [-0.25, -0.2) is 9.18 Å². The molecule has 2 fully saturated rings. The molecule has 0 aromatic heterocycles. The number of ether oxygens (including phenoxy) is 1. The van der Waals surface area contributed by atoms with Gasteiger partial charge in [0.05, 0.1) is 6.61 Å². The molecule has 0 unspecified atom stereocenters. The summed E-state index contributed by atoms with van der Waals surface area (Å²) in [6, 6.07) is 5.70. The minimum absolute atomic E-state index is 0.167. The van der Waals surface area contributed by atoms with Crippen molar-refractivity contribution >= 4 is 11.8 Å². The summed E-state index contributed by atoms with van der Waals surface area (Å²) in [4.78, 5) is 14.4. The number of likely N-dealkylation sites (tertiary alicyclic amines) is 1. The molecule has 1 aliphatic carbocycles. The number of halogens is 1. The van der Waals surface area contributed by atoms with Crippen LogP contribution in [0, 0.1) is 11.7 Å². The van der Waals surface area contributed by atoms with Crippen LogP contribution < -0.4 is 11.1 Å². The SMILES string of the molecule is CC(C)(C)NC(=O)OCC1CCC(N2CCC(c3ccc(N)cc3F)CC2)CC1. The Hall–Kier alpha value is -1.82. The molecule has 0 bridgehead atoms. The van der Waals surface area contributed by atoms with E-state index in [0.29, 0.717) is 24.3 Å². The van der Waals surface area contributed by atoms with Crippen LogP contribution in [0.25, 0.3) is 0 Å². The van der Waals surface area contributed by atoms with E-state index >= 15 is 0 Å². The van der Waals surface area contributed by atoms with E-state index in [4.69, 9.17) is 10.5 Å². The third-order valence-corrected chi connectivity index (χ3v) is 6.25. The van der Waals surface area contributed by atoms with Gasteiger partial charge in [0.1, 0.15) is 5.82 Å². The quantitative estimate of drug-likeness (QED) is 0.714. The third kappa shape index (κ3) is 6.33. The second-order valence-electron chi connectivity index (χ2n) is 9.74. The van der Waals surface area contributed by atoms with Crippen LogP contribution in [0.15, 0.2) is 18.2 Å². The van der Waals surface area contributed by atoms with E-state index in [1.165, 1.54) is 6.07 Å². The van der Waals surface area contributed by atoms with Crippen molar-refractivity contribution < 1.29 is 13.9 Å². The number of carbonyl (C=O) groups excluding carboxylic acids is 1. The molecule has 2 aliphatic rings. The topological polar surface area (TPSA) is 67.6 Å². The Labute approximate surface area is 174 Å². The summed E-state index contributed by atoms with van der Waals surface area (Å²) in [5, 5.41) is 2.84. The standard InChI is InChI=1S/C23H36FN3O2/c1-23(2,3)26-22(28)29-15-16-4-7-19(8-5-16)27-12-10-17(11-13-27)20-9-6-18(25)14-21(20)24/h6,9,14,16-17,19H,4-5,7-8,10-13,15,25H2,1-3H3,(H,26,28). The maximum Gasteiger partial charge on any atom is 0.407 e. The summed E-state index contributed by atoms with van der Waals surface area (Å²) in [5.74, 6) is 0.579. The number of hydrogen-bond donors (Lipinski definition) is 2. The summed E-state index contributed by atoms with van der Waals surface area (Å²) >= 11 is 0. The Morgan fingerprint density at radius 1 is 1.17 bits per heavy atom. The van der Waals surface area contributed by atoms with E-state index < -0.39 is 0 Å². The number of hydrogen-bond acceptors (Lipinski definition) is 4. The summed E-state index contributed by atoms with van der Waals surface area (Å²) in [6.45, 7) is 8.40. The van der Waals surface area contributed by atoms with Gasteiger partial charge in [-0.3, -0.25) is 0 Å². The van der Waals surface area contributed by atoms with Gasteiger partial charge in [0, 0.05) is 17.3 Å². The van der Waals surface area contributed by atoms with E-state index in [1.54, 1.807) is 6.07 Å². The zero-order valence-corrected chi connectivity index (χ0v) is 18.0. The summed E-state index contributed by atoms with van der Waals surface area (Å²) in [5.41, 5.74) is 6.71. The molecule has 1 aliphatic heterocycles. The average molecular weight is 406 g/mol. The van der Waals surface area contributed by atoms with Crippen LogP contribution in [0.4, 0.5) is 14.9 Å². The number of alkyl carbamates (subject to hydrolysis) is 1. The van der Waals surface area contributed by atoms with Gasteiger partial charge in [-0.1, -0.05) is 6.07 Å². The molecule has 0 radical (unpaired) electrons. The fraction of sp³-hybridized carbons (Fsp3) is 0.696. The molecule has 5 nitrogen and oxygen atoms in total. The number of carbonyl (C=O) groups is 1. The lowest BCUT2D eigenvalue weighted by atomic mass is 9.83.